The number of aryl methyl sites for hydroxylation is 1. The topological polar surface area (TPSA) is 74.8 Å². The number of H-pyrrole nitrogens is 1. The minimum absolute atomic E-state index is 0.114. The van der Waals surface area contributed by atoms with Crippen molar-refractivity contribution < 1.29 is 9.18 Å². The van der Waals surface area contributed by atoms with Crippen LogP contribution in [0.1, 0.15) is 37.4 Å². The molecule has 1 heterocycles. The number of carbonyl (C=O) groups excluding carboxylic acids is 1. The number of aromatic amines is 1. The van der Waals surface area contributed by atoms with E-state index < -0.39 is 11.1 Å². The fourth-order valence-corrected chi connectivity index (χ4v) is 3.79. The summed E-state index contributed by atoms with van der Waals surface area (Å²) in [5, 5.41) is 2.58. The molecular formula is C18H20FN3O2S. The summed E-state index contributed by atoms with van der Waals surface area (Å²) in [5.74, 6) is -0.783. The van der Waals surface area contributed by atoms with Gasteiger partial charge in [-0.05, 0) is 44.2 Å². The van der Waals surface area contributed by atoms with Crippen LogP contribution >= 0.6 is 11.8 Å². The lowest BCUT2D eigenvalue weighted by atomic mass is 9.97. The summed E-state index contributed by atoms with van der Waals surface area (Å²) < 4.78 is 13.7. The van der Waals surface area contributed by atoms with E-state index in [1.807, 2.05) is 6.92 Å². The van der Waals surface area contributed by atoms with Crippen LogP contribution in [0.3, 0.4) is 0 Å². The smallest absolute Gasteiger partial charge is 0.254 e. The zero-order chi connectivity index (χ0) is 17.8. The third-order valence-electron chi connectivity index (χ3n) is 4.22. The van der Waals surface area contributed by atoms with Crippen molar-refractivity contribution in [2.75, 3.05) is 5.32 Å². The Kier molecular flexibility index (Phi) is 5.53. The largest absolute Gasteiger partial charge is 0.323 e. The summed E-state index contributed by atoms with van der Waals surface area (Å²) in [4.78, 5) is 32.0. The maximum Gasteiger partial charge on any atom is 0.254 e. The van der Waals surface area contributed by atoms with Crippen molar-refractivity contribution in [3.05, 3.63) is 51.7 Å². The van der Waals surface area contributed by atoms with Crippen LogP contribution in [0, 0.1) is 5.82 Å². The number of hydrogen-bond donors (Lipinski definition) is 2. The van der Waals surface area contributed by atoms with Crippen molar-refractivity contribution in [2.24, 2.45) is 0 Å². The molecule has 1 aromatic heterocycles. The Morgan fingerprint density at radius 3 is 2.88 bits per heavy atom. The van der Waals surface area contributed by atoms with E-state index in [1.54, 1.807) is 12.1 Å². The predicted molar refractivity (Wildman–Crippen MR) is 96.5 cm³/mol. The molecule has 132 valence electrons. The number of rotatable bonds is 5. The van der Waals surface area contributed by atoms with Crippen LogP contribution < -0.4 is 10.9 Å². The molecule has 25 heavy (non-hydrogen) atoms. The molecule has 0 radical (unpaired) electrons. The minimum Gasteiger partial charge on any atom is -0.323 e. The van der Waals surface area contributed by atoms with Gasteiger partial charge in [-0.2, -0.15) is 0 Å². The quantitative estimate of drug-likeness (QED) is 0.633. The van der Waals surface area contributed by atoms with Crippen molar-refractivity contribution in [1.29, 1.82) is 0 Å². The number of anilines is 1. The van der Waals surface area contributed by atoms with Crippen molar-refractivity contribution in [2.45, 2.75) is 49.4 Å². The minimum atomic E-state index is -0.476. The van der Waals surface area contributed by atoms with Gasteiger partial charge in [0.05, 0.1) is 16.6 Å². The van der Waals surface area contributed by atoms with E-state index >= 15 is 0 Å². The van der Waals surface area contributed by atoms with Gasteiger partial charge in [0.2, 0.25) is 5.91 Å². The molecule has 0 aliphatic heterocycles. The molecule has 1 atom stereocenters. The van der Waals surface area contributed by atoms with Crippen molar-refractivity contribution >= 4 is 23.4 Å². The summed E-state index contributed by atoms with van der Waals surface area (Å²) in [7, 11) is 0. The second kappa shape index (κ2) is 7.82. The molecule has 1 aliphatic rings. The number of thioether (sulfide) groups is 1. The summed E-state index contributed by atoms with van der Waals surface area (Å²) in [6.45, 7) is 1.87. The Balaban J connectivity index is 1.76. The van der Waals surface area contributed by atoms with Crippen molar-refractivity contribution in [3.63, 3.8) is 0 Å². The van der Waals surface area contributed by atoms with Gasteiger partial charge in [0, 0.05) is 5.56 Å². The first-order valence-corrected chi connectivity index (χ1v) is 9.30. The van der Waals surface area contributed by atoms with Crippen molar-refractivity contribution in [3.8, 4) is 0 Å². The van der Waals surface area contributed by atoms with E-state index in [-0.39, 0.29) is 17.2 Å². The number of fused-ring (bicyclic) bond motifs is 1. The van der Waals surface area contributed by atoms with Crippen LogP contribution in [-0.4, -0.2) is 21.1 Å². The summed E-state index contributed by atoms with van der Waals surface area (Å²) >= 11 is 1.21. The van der Waals surface area contributed by atoms with E-state index in [9.17, 15) is 14.0 Å². The molecule has 2 aromatic rings. The van der Waals surface area contributed by atoms with Crippen LogP contribution in [-0.2, 0) is 17.6 Å². The number of halogens is 1. The van der Waals surface area contributed by atoms with Gasteiger partial charge in [-0.15, -0.1) is 0 Å². The molecule has 0 spiro atoms. The first-order chi connectivity index (χ1) is 12.1. The zero-order valence-electron chi connectivity index (χ0n) is 14.0. The molecule has 1 aromatic carbocycles. The lowest BCUT2D eigenvalue weighted by Crippen LogP contribution is -2.27. The standard InChI is InChI=1S/C18H20FN3O2S/c1-2-15(17(24)20-14-10-6-4-8-12(14)19)25-18-21-13-9-5-3-7-11(13)16(23)22-18/h4,6,8,10,15H,2-3,5,7,9H2,1H3,(H,20,24)(H,21,22,23). The molecule has 0 saturated carbocycles. The Labute approximate surface area is 149 Å². The predicted octanol–water partition coefficient (Wildman–Crippen LogP) is 3.30. The zero-order valence-corrected chi connectivity index (χ0v) is 14.8. The number of para-hydroxylation sites is 1. The summed E-state index contributed by atoms with van der Waals surface area (Å²) in [6.07, 6.45) is 4.12. The average molecular weight is 361 g/mol. The molecule has 0 saturated heterocycles. The number of nitrogens with zero attached hydrogens (tertiary/aromatic N) is 1. The first-order valence-electron chi connectivity index (χ1n) is 8.42. The molecule has 3 rings (SSSR count). The third-order valence-corrected chi connectivity index (χ3v) is 5.47. The highest BCUT2D eigenvalue weighted by Gasteiger charge is 2.22. The van der Waals surface area contributed by atoms with Gasteiger partial charge in [-0.1, -0.05) is 30.8 Å². The van der Waals surface area contributed by atoms with Gasteiger partial charge in [-0.25, -0.2) is 9.37 Å². The SMILES string of the molecule is CCC(Sc1nc2c(c(=O)[nH]1)CCCC2)C(=O)Nc1ccccc1F. The molecule has 7 heteroatoms. The van der Waals surface area contributed by atoms with E-state index in [4.69, 9.17) is 0 Å². The number of nitrogens with one attached hydrogen (secondary N) is 2. The Bertz CT molecular complexity index is 837. The fraction of sp³-hybridized carbons (Fsp3) is 0.389. The molecular weight excluding hydrogens is 341 g/mol. The fourth-order valence-electron chi connectivity index (χ4n) is 2.87. The van der Waals surface area contributed by atoms with Crippen LogP contribution in [0.5, 0.6) is 0 Å². The van der Waals surface area contributed by atoms with E-state index in [1.165, 1.54) is 23.9 Å². The van der Waals surface area contributed by atoms with Gasteiger partial charge >= 0.3 is 0 Å². The number of aromatic nitrogens is 2. The third kappa shape index (κ3) is 4.10. The molecule has 1 amide bonds. The van der Waals surface area contributed by atoms with E-state index in [2.05, 4.69) is 15.3 Å². The van der Waals surface area contributed by atoms with Gasteiger partial charge in [0.25, 0.3) is 5.56 Å². The molecule has 5 nitrogen and oxygen atoms in total. The number of hydrogen-bond acceptors (Lipinski definition) is 4. The second-order valence-corrected chi connectivity index (χ2v) is 7.18. The van der Waals surface area contributed by atoms with Crippen LogP contribution in [0.15, 0.2) is 34.2 Å². The highest BCUT2D eigenvalue weighted by molar-refractivity contribution is 8.00. The van der Waals surface area contributed by atoms with Crippen molar-refractivity contribution in [1.82, 2.24) is 9.97 Å². The highest BCUT2D eigenvalue weighted by atomic mass is 32.2. The second-order valence-electron chi connectivity index (χ2n) is 5.99. The Morgan fingerprint density at radius 1 is 1.36 bits per heavy atom. The summed E-state index contributed by atoms with van der Waals surface area (Å²) in [6, 6.07) is 6.05. The average Bonchev–Trinajstić information content (AvgIpc) is 2.61. The number of carbonyl (C=O) groups is 1. The molecule has 1 unspecified atom stereocenters. The maximum absolute atomic E-state index is 13.7. The normalized spacial score (nSPS) is 14.6. The monoisotopic (exact) mass is 361 g/mol. The maximum atomic E-state index is 13.7. The molecule has 0 fully saturated rings. The van der Waals surface area contributed by atoms with Gasteiger partial charge in [0.15, 0.2) is 5.16 Å². The molecule has 0 bridgehead atoms. The first kappa shape index (κ1) is 17.7. The summed E-state index contributed by atoms with van der Waals surface area (Å²) in [5.41, 5.74) is 1.64. The van der Waals surface area contributed by atoms with Gasteiger partial charge in [0.1, 0.15) is 5.82 Å². The van der Waals surface area contributed by atoms with Gasteiger partial charge < -0.3 is 10.3 Å². The number of benzene rings is 1. The van der Waals surface area contributed by atoms with E-state index in [0.29, 0.717) is 11.6 Å². The van der Waals surface area contributed by atoms with Crippen LogP contribution in [0.4, 0.5) is 10.1 Å². The Morgan fingerprint density at radius 2 is 2.12 bits per heavy atom. The lowest BCUT2D eigenvalue weighted by molar-refractivity contribution is -0.115. The lowest BCUT2D eigenvalue weighted by Gasteiger charge is -2.17. The number of amides is 1. The Hall–Kier alpha value is -2.15. The van der Waals surface area contributed by atoms with Crippen LogP contribution in [0.2, 0.25) is 0 Å². The van der Waals surface area contributed by atoms with Gasteiger partial charge in [-0.3, -0.25) is 9.59 Å². The highest BCUT2D eigenvalue weighted by Crippen LogP contribution is 2.25. The molecule has 2 N–H and O–H groups in total. The molecule has 1 aliphatic carbocycles. The van der Waals surface area contributed by atoms with E-state index in [0.717, 1.165) is 36.9 Å². The van der Waals surface area contributed by atoms with Crippen LogP contribution in [0.25, 0.3) is 0 Å².